The van der Waals surface area contributed by atoms with Crippen molar-refractivity contribution in [2.75, 3.05) is 0 Å². The van der Waals surface area contributed by atoms with E-state index in [1.165, 1.54) is 6.07 Å². The Labute approximate surface area is 126 Å². The smallest absolute Gasteiger partial charge is 0.311 e. The first kappa shape index (κ1) is 15.2. The molecule has 0 N–H and O–H groups in total. The van der Waals surface area contributed by atoms with Gasteiger partial charge >= 0.3 is 5.69 Å². The SMILES string of the molecule is CCc1ccc(Oc2nc(C)c(C)nc2Cl)c([N+](=O)[O-])c1. The molecule has 0 atom stereocenters. The molecule has 0 unspecified atom stereocenters. The van der Waals surface area contributed by atoms with E-state index in [1.54, 1.807) is 26.0 Å². The van der Waals surface area contributed by atoms with Crippen molar-refractivity contribution in [1.82, 2.24) is 9.97 Å². The fraction of sp³-hybridized carbons (Fsp3) is 0.286. The second-order valence-electron chi connectivity index (χ2n) is 4.51. The summed E-state index contributed by atoms with van der Waals surface area (Å²) in [6.45, 7) is 5.46. The van der Waals surface area contributed by atoms with E-state index in [1.807, 2.05) is 6.92 Å². The molecular weight excluding hydrogens is 294 g/mol. The predicted molar refractivity (Wildman–Crippen MR) is 79.1 cm³/mol. The van der Waals surface area contributed by atoms with Crippen LogP contribution < -0.4 is 4.74 Å². The Morgan fingerprint density at radius 1 is 1.29 bits per heavy atom. The molecule has 0 amide bonds. The topological polar surface area (TPSA) is 78.2 Å². The minimum Gasteiger partial charge on any atom is -0.429 e. The average molecular weight is 308 g/mol. The summed E-state index contributed by atoms with van der Waals surface area (Å²) < 4.78 is 5.49. The molecule has 0 saturated carbocycles. The van der Waals surface area contributed by atoms with E-state index in [0.717, 1.165) is 5.56 Å². The first-order valence-electron chi connectivity index (χ1n) is 6.38. The molecule has 0 aliphatic heterocycles. The summed E-state index contributed by atoms with van der Waals surface area (Å²) in [4.78, 5) is 18.9. The van der Waals surface area contributed by atoms with Crippen LogP contribution in [-0.4, -0.2) is 14.9 Å². The molecule has 2 aromatic rings. The molecule has 21 heavy (non-hydrogen) atoms. The molecule has 0 radical (unpaired) electrons. The molecule has 2 rings (SSSR count). The number of benzene rings is 1. The maximum Gasteiger partial charge on any atom is 0.311 e. The number of ether oxygens (including phenoxy) is 1. The van der Waals surface area contributed by atoms with Crippen LogP contribution in [0.25, 0.3) is 0 Å². The summed E-state index contributed by atoms with van der Waals surface area (Å²) >= 11 is 5.97. The highest BCUT2D eigenvalue weighted by molar-refractivity contribution is 6.30. The van der Waals surface area contributed by atoms with E-state index in [2.05, 4.69) is 9.97 Å². The van der Waals surface area contributed by atoms with Crippen LogP contribution in [-0.2, 0) is 6.42 Å². The fourth-order valence-corrected chi connectivity index (χ4v) is 1.94. The normalized spacial score (nSPS) is 10.5. The average Bonchev–Trinajstić information content (AvgIpc) is 2.44. The zero-order valence-electron chi connectivity index (χ0n) is 11.9. The molecule has 7 heteroatoms. The Balaban J connectivity index is 2.44. The van der Waals surface area contributed by atoms with Gasteiger partial charge in [0.15, 0.2) is 5.15 Å². The van der Waals surface area contributed by atoms with Gasteiger partial charge in [-0.05, 0) is 31.9 Å². The Bertz CT molecular complexity index is 704. The number of hydrogen-bond donors (Lipinski definition) is 0. The zero-order valence-corrected chi connectivity index (χ0v) is 12.6. The summed E-state index contributed by atoms with van der Waals surface area (Å²) in [7, 11) is 0. The van der Waals surface area contributed by atoms with Gasteiger partial charge in [-0.1, -0.05) is 24.6 Å². The van der Waals surface area contributed by atoms with Gasteiger partial charge in [0.1, 0.15) is 0 Å². The van der Waals surface area contributed by atoms with Crippen LogP contribution in [0.2, 0.25) is 5.15 Å². The summed E-state index contributed by atoms with van der Waals surface area (Å²) in [6, 6.07) is 4.80. The van der Waals surface area contributed by atoms with Gasteiger partial charge in [0, 0.05) is 6.07 Å². The van der Waals surface area contributed by atoms with Crippen LogP contribution in [0.5, 0.6) is 11.6 Å². The molecule has 0 aliphatic carbocycles. The standard InChI is InChI=1S/C14H14ClN3O3/c1-4-10-5-6-12(11(7-10)18(19)20)21-14-13(15)16-8(2)9(3)17-14/h5-7H,4H2,1-3H3. The van der Waals surface area contributed by atoms with Crippen LogP contribution in [0.15, 0.2) is 18.2 Å². The lowest BCUT2D eigenvalue weighted by molar-refractivity contribution is -0.385. The lowest BCUT2D eigenvalue weighted by Gasteiger charge is -2.09. The minimum absolute atomic E-state index is 0.0621. The van der Waals surface area contributed by atoms with Crippen molar-refractivity contribution in [2.24, 2.45) is 0 Å². The van der Waals surface area contributed by atoms with E-state index in [4.69, 9.17) is 16.3 Å². The Morgan fingerprint density at radius 3 is 2.57 bits per heavy atom. The van der Waals surface area contributed by atoms with Gasteiger partial charge < -0.3 is 4.74 Å². The molecule has 110 valence electrons. The summed E-state index contributed by atoms with van der Waals surface area (Å²) in [5.41, 5.74) is 2.07. The van der Waals surface area contributed by atoms with Crippen LogP contribution in [0.4, 0.5) is 5.69 Å². The molecule has 1 aromatic carbocycles. The van der Waals surface area contributed by atoms with Crippen molar-refractivity contribution in [3.05, 3.63) is 50.4 Å². The largest absolute Gasteiger partial charge is 0.429 e. The van der Waals surface area contributed by atoms with Crippen molar-refractivity contribution in [3.8, 4) is 11.6 Å². The van der Waals surface area contributed by atoms with Gasteiger partial charge in [0.25, 0.3) is 5.88 Å². The zero-order chi connectivity index (χ0) is 15.6. The fourth-order valence-electron chi connectivity index (χ4n) is 1.74. The number of rotatable bonds is 4. The molecule has 0 spiro atoms. The van der Waals surface area contributed by atoms with E-state index < -0.39 is 4.92 Å². The second kappa shape index (κ2) is 6.05. The molecule has 0 saturated heterocycles. The number of halogens is 1. The van der Waals surface area contributed by atoms with E-state index in [9.17, 15) is 10.1 Å². The van der Waals surface area contributed by atoms with Crippen molar-refractivity contribution in [1.29, 1.82) is 0 Å². The van der Waals surface area contributed by atoms with Gasteiger partial charge in [-0.15, -0.1) is 0 Å². The molecule has 1 aromatic heterocycles. The number of hydrogen-bond acceptors (Lipinski definition) is 5. The molecule has 0 bridgehead atoms. The molecule has 0 fully saturated rings. The molecule has 6 nitrogen and oxygen atoms in total. The number of nitrogens with zero attached hydrogens (tertiary/aromatic N) is 3. The molecule has 0 aliphatic rings. The third kappa shape index (κ3) is 3.28. The number of nitro groups is 1. The third-order valence-corrected chi connectivity index (χ3v) is 3.32. The van der Waals surface area contributed by atoms with Crippen molar-refractivity contribution < 1.29 is 9.66 Å². The lowest BCUT2D eigenvalue weighted by Crippen LogP contribution is -2.00. The lowest BCUT2D eigenvalue weighted by atomic mass is 10.1. The van der Waals surface area contributed by atoms with Crippen LogP contribution >= 0.6 is 11.6 Å². The highest BCUT2D eigenvalue weighted by Gasteiger charge is 2.19. The monoisotopic (exact) mass is 307 g/mol. The van der Waals surface area contributed by atoms with Crippen LogP contribution in [0.3, 0.4) is 0 Å². The predicted octanol–water partition coefficient (Wildman–Crippen LogP) is 4.01. The van der Waals surface area contributed by atoms with Crippen LogP contribution in [0, 0.1) is 24.0 Å². The van der Waals surface area contributed by atoms with Crippen molar-refractivity contribution >= 4 is 17.3 Å². The van der Waals surface area contributed by atoms with Crippen molar-refractivity contribution in [3.63, 3.8) is 0 Å². The van der Waals surface area contributed by atoms with Gasteiger partial charge in [-0.2, -0.15) is 0 Å². The van der Waals surface area contributed by atoms with E-state index in [-0.39, 0.29) is 22.5 Å². The van der Waals surface area contributed by atoms with Gasteiger partial charge in [0.05, 0.1) is 16.3 Å². The summed E-state index contributed by atoms with van der Waals surface area (Å²) in [5, 5.41) is 11.2. The number of nitro benzene ring substituents is 1. The summed E-state index contributed by atoms with van der Waals surface area (Å²) in [5.74, 6) is 0.156. The number of aromatic nitrogens is 2. The maximum absolute atomic E-state index is 11.1. The Kier molecular flexibility index (Phi) is 4.37. The van der Waals surface area contributed by atoms with Crippen LogP contribution in [0.1, 0.15) is 23.9 Å². The summed E-state index contributed by atoms with van der Waals surface area (Å²) in [6.07, 6.45) is 0.700. The van der Waals surface area contributed by atoms with E-state index in [0.29, 0.717) is 17.8 Å². The first-order chi connectivity index (χ1) is 9.92. The van der Waals surface area contributed by atoms with Gasteiger partial charge in [0.2, 0.25) is 5.75 Å². The van der Waals surface area contributed by atoms with Crippen molar-refractivity contribution in [2.45, 2.75) is 27.2 Å². The quantitative estimate of drug-likeness (QED) is 0.630. The molecular formula is C14H14ClN3O3. The maximum atomic E-state index is 11.1. The van der Waals surface area contributed by atoms with Gasteiger partial charge in [-0.25, -0.2) is 9.97 Å². The van der Waals surface area contributed by atoms with Gasteiger partial charge in [-0.3, -0.25) is 10.1 Å². The number of aryl methyl sites for hydroxylation is 3. The minimum atomic E-state index is -0.489. The third-order valence-electron chi connectivity index (χ3n) is 3.07. The first-order valence-corrected chi connectivity index (χ1v) is 6.76. The van der Waals surface area contributed by atoms with E-state index >= 15 is 0 Å². The second-order valence-corrected chi connectivity index (χ2v) is 4.86. The Hall–Kier alpha value is -2.21. The Morgan fingerprint density at radius 2 is 1.95 bits per heavy atom. The highest BCUT2D eigenvalue weighted by Crippen LogP contribution is 2.34. The molecule has 1 heterocycles. The highest BCUT2D eigenvalue weighted by atomic mass is 35.5.